The number of aromatic nitrogens is 1. The van der Waals surface area contributed by atoms with E-state index < -0.39 is 0 Å². The van der Waals surface area contributed by atoms with Gasteiger partial charge in [-0.2, -0.15) is 0 Å². The molecule has 18 heavy (non-hydrogen) atoms. The third-order valence-corrected chi connectivity index (χ3v) is 4.43. The standard InChI is InChI=1S/C15H20N2O/c1-15(2)13(7-14(15)18)17-9-10-8-16-12-6-4-3-5-11(10)12/h3-6,8,13-14,16-18H,7,9H2,1-2H3. The van der Waals surface area contributed by atoms with Gasteiger partial charge in [0.2, 0.25) is 0 Å². The Hall–Kier alpha value is -1.32. The minimum atomic E-state index is -0.169. The summed E-state index contributed by atoms with van der Waals surface area (Å²) in [6.45, 7) is 5.09. The molecule has 0 aliphatic heterocycles. The smallest absolute Gasteiger partial charge is 0.0621 e. The molecule has 1 aromatic heterocycles. The molecule has 96 valence electrons. The molecule has 3 heteroatoms. The minimum Gasteiger partial charge on any atom is -0.392 e. The number of H-pyrrole nitrogens is 1. The first-order valence-corrected chi connectivity index (χ1v) is 6.55. The molecule has 1 fully saturated rings. The molecule has 0 radical (unpaired) electrons. The number of benzene rings is 1. The number of aromatic amines is 1. The number of aliphatic hydroxyl groups excluding tert-OH is 1. The fourth-order valence-corrected chi connectivity index (χ4v) is 2.76. The maximum absolute atomic E-state index is 9.73. The van der Waals surface area contributed by atoms with E-state index in [-0.39, 0.29) is 11.5 Å². The first-order chi connectivity index (χ1) is 8.59. The van der Waals surface area contributed by atoms with Crippen LogP contribution in [0, 0.1) is 5.41 Å². The number of hydrogen-bond donors (Lipinski definition) is 3. The second-order valence-corrected chi connectivity index (χ2v) is 5.87. The van der Waals surface area contributed by atoms with Crippen LogP contribution in [0.3, 0.4) is 0 Å². The Kier molecular flexibility index (Phi) is 2.68. The van der Waals surface area contributed by atoms with Gasteiger partial charge >= 0.3 is 0 Å². The summed E-state index contributed by atoms with van der Waals surface area (Å²) in [7, 11) is 0. The zero-order valence-electron chi connectivity index (χ0n) is 10.9. The molecular formula is C15H20N2O. The Bertz CT molecular complexity index is 558. The zero-order chi connectivity index (χ0) is 12.8. The van der Waals surface area contributed by atoms with Gasteiger partial charge < -0.3 is 15.4 Å². The molecule has 2 aromatic rings. The van der Waals surface area contributed by atoms with E-state index in [2.05, 4.69) is 48.5 Å². The average Bonchev–Trinajstić information content (AvgIpc) is 2.78. The van der Waals surface area contributed by atoms with E-state index >= 15 is 0 Å². The van der Waals surface area contributed by atoms with Crippen LogP contribution in [-0.2, 0) is 6.54 Å². The molecule has 3 N–H and O–H groups in total. The van der Waals surface area contributed by atoms with E-state index in [9.17, 15) is 5.11 Å². The molecule has 3 nitrogen and oxygen atoms in total. The van der Waals surface area contributed by atoms with Crippen molar-refractivity contribution in [2.45, 2.75) is 39.0 Å². The molecule has 1 aromatic carbocycles. The number of rotatable bonds is 3. The topological polar surface area (TPSA) is 48.0 Å². The van der Waals surface area contributed by atoms with Crippen LogP contribution in [-0.4, -0.2) is 22.2 Å². The summed E-state index contributed by atoms with van der Waals surface area (Å²) < 4.78 is 0. The van der Waals surface area contributed by atoms with Crippen molar-refractivity contribution >= 4 is 10.9 Å². The predicted octanol–water partition coefficient (Wildman–Crippen LogP) is 2.42. The highest BCUT2D eigenvalue weighted by molar-refractivity contribution is 5.82. The van der Waals surface area contributed by atoms with Crippen LogP contribution in [0.5, 0.6) is 0 Å². The lowest BCUT2D eigenvalue weighted by Gasteiger charge is -2.49. The minimum absolute atomic E-state index is 0.00783. The van der Waals surface area contributed by atoms with Gasteiger partial charge in [0.05, 0.1) is 6.10 Å². The molecule has 2 unspecified atom stereocenters. The monoisotopic (exact) mass is 244 g/mol. The summed E-state index contributed by atoms with van der Waals surface area (Å²) in [6.07, 6.45) is 2.76. The third kappa shape index (κ3) is 1.74. The van der Waals surface area contributed by atoms with Crippen molar-refractivity contribution in [3.05, 3.63) is 36.0 Å². The highest BCUT2D eigenvalue weighted by Crippen LogP contribution is 2.40. The summed E-state index contributed by atoms with van der Waals surface area (Å²) in [4.78, 5) is 3.29. The average molecular weight is 244 g/mol. The van der Waals surface area contributed by atoms with Gasteiger partial charge in [0, 0.05) is 35.1 Å². The van der Waals surface area contributed by atoms with E-state index in [1.165, 1.54) is 16.5 Å². The highest BCUT2D eigenvalue weighted by atomic mass is 16.3. The number of aliphatic hydroxyl groups is 1. The van der Waals surface area contributed by atoms with Gasteiger partial charge in [-0.05, 0) is 18.1 Å². The van der Waals surface area contributed by atoms with Gasteiger partial charge in [-0.15, -0.1) is 0 Å². The highest BCUT2D eigenvalue weighted by Gasteiger charge is 2.46. The van der Waals surface area contributed by atoms with Gasteiger partial charge in [-0.25, -0.2) is 0 Å². The van der Waals surface area contributed by atoms with Crippen molar-refractivity contribution < 1.29 is 5.11 Å². The Labute approximate surface area is 107 Å². The molecule has 1 heterocycles. The van der Waals surface area contributed by atoms with E-state index in [1.807, 2.05) is 6.07 Å². The lowest BCUT2D eigenvalue weighted by molar-refractivity contribution is -0.0729. The van der Waals surface area contributed by atoms with Crippen LogP contribution >= 0.6 is 0 Å². The molecule has 0 amide bonds. The summed E-state index contributed by atoms with van der Waals surface area (Å²) in [5, 5.41) is 14.6. The number of para-hydroxylation sites is 1. The molecule has 1 aliphatic rings. The fraction of sp³-hybridized carbons (Fsp3) is 0.467. The summed E-state index contributed by atoms with van der Waals surface area (Å²) in [5.41, 5.74) is 2.47. The molecule has 0 bridgehead atoms. The molecule has 0 spiro atoms. The lowest BCUT2D eigenvalue weighted by atomic mass is 9.64. The summed E-state index contributed by atoms with van der Waals surface area (Å²) in [5.74, 6) is 0. The second kappa shape index (κ2) is 4.11. The molecular weight excluding hydrogens is 224 g/mol. The maximum atomic E-state index is 9.73. The van der Waals surface area contributed by atoms with Gasteiger partial charge in [0.1, 0.15) is 0 Å². The van der Waals surface area contributed by atoms with E-state index in [1.54, 1.807) is 0 Å². The fourth-order valence-electron chi connectivity index (χ4n) is 2.76. The first kappa shape index (κ1) is 11.8. The van der Waals surface area contributed by atoms with Crippen LogP contribution in [0.4, 0.5) is 0 Å². The van der Waals surface area contributed by atoms with Crippen LogP contribution < -0.4 is 5.32 Å². The molecule has 0 saturated heterocycles. The second-order valence-electron chi connectivity index (χ2n) is 5.87. The van der Waals surface area contributed by atoms with Crippen LogP contribution in [0.2, 0.25) is 0 Å². The van der Waals surface area contributed by atoms with Gasteiger partial charge in [-0.3, -0.25) is 0 Å². The van der Waals surface area contributed by atoms with Crippen molar-refractivity contribution in [1.82, 2.24) is 10.3 Å². The van der Waals surface area contributed by atoms with Crippen LogP contribution in [0.25, 0.3) is 10.9 Å². The maximum Gasteiger partial charge on any atom is 0.0621 e. The number of nitrogens with one attached hydrogen (secondary N) is 2. The number of fused-ring (bicyclic) bond motifs is 1. The van der Waals surface area contributed by atoms with E-state index in [0.29, 0.717) is 6.04 Å². The Morgan fingerprint density at radius 1 is 1.39 bits per heavy atom. The van der Waals surface area contributed by atoms with Crippen molar-refractivity contribution in [3.63, 3.8) is 0 Å². The third-order valence-electron chi connectivity index (χ3n) is 4.43. The molecule has 3 rings (SSSR count). The quantitative estimate of drug-likeness (QED) is 0.776. The van der Waals surface area contributed by atoms with Crippen molar-refractivity contribution in [2.24, 2.45) is 5.41 Å². The van der Waals surface area contributed by atoms with Crippen molar-refractivity contribution in [3.8, 4) is 0 Å². The Morgan fingerprint density at radius 2 is 2.17 bits per heavy atom. The van der Waals surface area contributed by atoms with Crippen LogP contribution in [0.1, 0.15) is 25.8 Å². The number of hydrogen-bond acceptors (Lipinski definition) is 2. The van der Waals surface area contributed by atoms with Gasteiger partial charge in [0.15, 0.2) is 0 Å². The van der Waals surface area contributed by atoms with Crippen LogP contribution in [0.15, 0.2) is 30.5 Å². The SMILES string of the molecule is CC1(C)C(O)CC1NCc1c[nH]c2ccccc12. The predicted molar refractivity (Wildman–Crippen MR) is 73.3 cm³/mol. The van der Waals surface area contributed by atoms with Gasteiger partial charge in [0.25, 0.3) is 0 Å². The first-order valence-electron chi connectivity index (χ1n) is 6.55. The Morgan fingerprint density at radius 3 is 2.89 bits per heavy atom. The molecule has 1 aliphatic carbocycles. The largest absolute Gasteiger partial charge is 0.392 e. The Balaban J connectivity index is 1.71. The van der Waals surface area contributed by atoms with E-state index in [0.717, 1.165) is 13.0 Å². The molecule has 2 atom stereocenters. The van der Waals surface area contributed by atoms with Gasteiger partial charge in [-0.1, -0.05) is 32.0 Å². The van der Waals surface area contributed by atoms with E-state index in [4.69, 9.17) is 0 Å². The summed E-state index contributed by atoms with van der Waals surface area (Å²) >= 11 is 0. The summed E-state index contributed by atoms with van der Waals surface area (Å²) in [6, 6.07) is 8.75. The lowest BCUT2D eigenvalue weighted by Crippen LogP contribution is -2.59. The van der Waals surface area contributed by atoms with Crippen molar-refractivity contribution in [1.29, 1.82) is 0 Å². The van der Waals surface area contributed by atoms with Crippen molar-refractivity contribution in [2.75, 3.05) is 0 Å². The zero-order valence-corrected chi connectivity index (χ0v) is 10.9. The normalized spacial score (nSPS) is 26.2. The molecule has 1 saturated carbocycles.